The molecule has 3 heteroatoms. The largest absolute Gasteiger partial charge is 0.396 e. The van der Waals surface area contributed by atoms with E-state index in [1.165, 1.54) is 25.7 Å². The fraction of sp³-hybridized carbons (Fsp3) is 0.941. The first kappa shape index (κ1) is 19.6. The van der Waals surface area contributed by atoms with Crippen molar-refractivity contribution in [2.24, 2.45) is 0 Å². The summed E-state index contributed by atoms with van der Waals surface area (Å²) in [5, 5.41) is 17.3. The highest BCUT2D eigenvalue weighted by atomic mass is 16.3. The lowest BCUT2D eigenvalue weighted by Gasteiger charge is -2.02. The highest BCUT2D eigenvalue weighted by Gasteiger charge is 2.01. The number of aliphatic hydroxyl groups excluding tert-OH is 2. The monoisotopic (exact) mass is 286 g/mol. The summed E-state index contributed by atoms with van der Waals surface area (Å²) >= 11 is 0. The van der Waals surface area contributed by atoms with E-state index < -0.39 is 0 Å². The maximum absolute atomic E-state index is 11.6. The molecule has 0 atom stereocenters. The minimum Gasteiger partial charge on any atom is -0.396 e. The Labute approximate surface area is 124 Å². The van der Waals surface area contributed by atoms with Crippen molar-refractivity contribution >= 4 is 5.78 Å². The molecule has 0 aromatic carbocycles. The Kier molecular flexibility index (Phi) is 16.3. The number of ketones is 1. The van der Waals surface area contributed by atoms with E-state index in [9.17, 15) is 4.79 Å². The summed E-state index contributed by atoms with van der Waals surface area (Å²) in [6.07, 6.45) is 14.7. The molecule has 0 unspecified atom stereocenters. The van der Waals surface area contributed by atoms with E-state index in [-0.39, 0.29) is 0 Å². The molecule has 2 N–H and O–H groups in total. The average molecular weight is 286 g/mol. The van der Waals surface area contributed by atoms with Crippen LogP contribution in [-0.4, -0.2) is 29.2 Å². The van der Waals surface area contributed by atoms with Gasteiger partial charge in [0.05, 0.1) is 0 Å². The normalized spacial score (nSPS) is 10.9. The van der Waals surface area contributed by atoms with Crippen molar-refractivity contribution in [2.75, 3.05) is 13.2 Å². The molecular formula is C17H34O3. The lowest BCUT2D eigenvalue weighted by molar-refractivity contribution is -0.119. The van der Waals surface area contributed by atoms with Gasteiger partial charge in [0, 0.05) is 26.1 Å². The predicted molar refractivity (Wildman–Crippen MR) is 83.8 cm³/mol. The minimum atomic E-state index is 0.304. The van der Waals surface area contributed by atoms with Crippen LogP contribution in [-0.2, 0) is 4.79 Å². The van der Waals surface area contributed by atoms with Crippen molar-refractivity contribution in [1.82, 2.24) is 0 Å². The summed E-state index contributed by atoms with van der Waals surface area (Å²) in [7, 11) is 0. The van der Waals surface area contributed by atoms with E-state index in [0.29, 0.717) is 19.0 Å². The van der Waals surface area contributed by atoms with Gasteiger partial charge in [0.1, 0.15) is 5.78 Å². The third kappa shape index (κ3) is 15.6. The number of Topliss-reactive ketones (excluding diaryl/α,β-unsaturated/α-hetero) is 1. The third-order valence-electron chi connectivity index (χ3n) is 3.73. The number of hydrogen-bond donors (Lipinski definition) is 2. The van der Waals surface area contributed by atoms with Crippen LogP contribution in [0.1, 0.15) is 89.9 Å². The van der Waals surface area contributed by atoms with Crippen molar-refractivity contribution in [3.63, 3.8) is 0 Å². The zero-order valence-electron chi connectivity index (χ0n) is 13.1. The van der Waals surface area contributed by atoms with Gasteiger partial charge in [-0.1, -0.05) is 51.4 Å². The molecule has 0 heterocycles. The Morgan fingerprint density at radius 2 is 0.800 bits per heavy atom. The summed E-state index contributed by atoms with van der Waals surface area (Å²) in [6, 6.07) is 0. The summed E-state index contributed by atoms with van der Waals surface area (Å²) in [4.78, 5) is 11.6. The van der Waals surface area contributed by atoms with Gasteiger partial charge in [0.15, 0.2) is 0 Å². The molecule has 0 saturated heterocycles. The van der Waals surface area contributed by atoms with Crippen molar-refractivity contribution in [2.45, 2.75) is 89.9 Å². The van der Waals surface area contributed by atoms with Crippen LogP contribution < -0.4 is 0 Å². The van der Waals surface area contributed by atoms with Crippen LogP contribution in [0.5, 0.6) is 0 Å². The summed E-state index contributed by atoms with van der Waals surface area (Å²) in [5.41, 5.74) is 0. The van der Waals surface area contributed by atoms with Crippen LogP contribution >= 0.6 is 0 Å². The molecule has 20 heavy (non-hydrogen) atoms. The first-order valence-corrected chi connectivity index (χ1v) is 8.54. The van der Waals surface area contributed by atoms with Crippen molar-refractivity contribution < 1.29 is 15.0 Å². The zero-order chi connectivity index (χ0) is 14.9. The SMILES string of the molecule is O=C(CCCCCCCCO)CCCCCCCCO. The molecule has 0 fully saturated rings. The van der Waals surface area contributed by atoms with Gasteiger partial charge in [0.25, 0.3) is 0 Å². The average Bonchev–Trinajstić information content (AvgIpc) is 2.45. The summed E-state index contributed by atoms with van der Waals surface area (Å²) in [5.74, 6) is 0.427. The Bertz CT molecular complexity index is 184. The first-order chi connectivity index (χ1) is 9.81. The molecule has 0 aliphatic heterocycles. The Morgan fingerprint density at radius 1 is 0.500 bits per heavy atom. The highest BCUT2D eigenvalue weighted by molar-refractivity contribution is 5.78. The quantitative estimate of drug-likeness (QED) is 0.422. The van der Waals surface area contributed by atoms with Gasteiger partial charge in [-0.25, -0.2) is 0 Å². The lowest BCUT2D eigenvalue weighted by Crippen LogP contribution is -1.97. The van der Waals surface area contributed by atoms with Crippen LogP contribution in [0.3, 0.4) is 0 Å². The highest BCUT2D eigenvalue weighted by Crippen LogP contribution is 2.11. The van der Waals surface area contributed by atoms with Gasteiger partial charge in [-0.15, -0.1) is 0 Å². The van der Waals surface area contributed by atoms with Crippen molar-refractivity contribution in [3.05, 3.63) is 0 Å². The molecule has 120 valence electrons. The number of rotatable bonds is 16. The van der Waals surface area contributed by atoms with Crippen LogP contribution in [0.4, 0.5) is 0 Å². The molecule has 0 amide bonds. The summed E-state index contributed by atoms with van der Waals surface area (Å²) < 4.78 is 0. The van der Waals surface area contributed by atoms with Gasteiger partial charge in [0.2, 0.25) is 0 Å². The Balaban J connectivity index is 3.13. The van der Waals surface area contributed by atoms with Crippen LogP contribution in [0.2, 0.25) is 0 Å². The van der Waals surface area contributed by atoms with Gasteiger partial charge >= 0.3 is 0 Å². The molecule has 0 spiro atoms. The standard InChI is InChI=1S/C17H34O3/c18-15-11-7-3-1-5-9-13-17(20)14-10-6-2-4-8-12-16-19/h18-19H,1-16H2. The van der Waals surface area contributed by atoms with E-state index in [4.69, 9.17) is 10.2 Å². The Hall–Kier alpha value is -0.410. The van der Waals surface area contributed by atoms with Crippen LogP contribution in [0, 0.1) is 0 Å². The molecule has 0 aliphatic carbocycles. The number of aliphatic hydroxyl groups is 2. The number of hydrogen-bond acceptors (Lipinski definition) is 3. The lowest BCUT2D eigenvalue weighted by atomic mass is 10.0. The molecule has 0 saturated carbocycles. The second kappa shape index (κ2) is 16.6. The minimum absolute atomic E-state index is 0.304. The molecule has 0 aromatic heterocycles. The van der Waals surface area contributed by atoms with E-state index in [2.05, 4.69) is 0 Å². The van der Waals surface area contributed by atoms with E-state index in [1.54, 1.807) is 0 Å². The maximum Gasteiger partial charge on any atom is 0.132 e. The molecular weight excluding hydrogens is 252 g/mol. The second-order valence-electron chi connectivity index (χ2n) is 5.73. The molecule has 3 nitrogen and oxygen atoms in total. The number of unbranched alkanes of at least 4 members (excludes halogenated alkanes) is 10. The topological polar surface area (TPSA) is 57.5 Å². The second-order valence-corrected chi connectivity index (χ2v) is 5.73. The third-order valence-corrected chi connectivity index (χ3v) is 3.73. The summed E-state index contributed by atoms with van der Waals surface area (Å²) in [6.45, 7) is 0.608. The van der Waals surface area contributed by atoms with E-state index >= 15 is 0 Å². The van der Waals surface area contributed by atoms with Crippen LogP contribution in [0.25, 0.3) is 0 Å². The van der Waals surface area contributed by atoms with Gasteiger partial charge in [-0.3, -0.25) is 4.79 Å². The van der Waals surface area contributed by atoms with E-state index in [1.807, 2.05) is 0 Å². The molecule has 0 rings (SSSR count). The Morgan fingerprint density at radius 3 is 1.15 bits per heavy atom. The maximum atomic E-state index is 11.6. The van der Waals surface area contributed by atoms with Crippen molar-refractivity contribution in [1.29, 1.82) is 0 Å². The molecule has 0 bridgehead atoms. The number of carbonyl (C=O) groups excluding carboxylic acids is 1. The predicted octanol–water partition coefficient (Wildman–Crippen LogP) is 4.00. The van der Waals surface area contributed by atoms with Gasteiger partial charge in [-0.05, 0) is 25.7 Å². The first-order valence-electron chi connectivity index (χ1n) is 8.54. The van der Waals surface area contributed by atoms with Crippen molar-refractivity contribution in [3.8, 4) is 0 Å². The van der Waals surface area contributed by atoms with Gasteiger partial charge < -0.3 is 10.2 Å². The smallest absolute Gasteiger partial charge is 0.132 e. The van der Waals surface area contributed by atoms with Gasteiger partial charge in [-0.2, -0.15) is 0 Å². The van der Waals surface area contributed by atoms with Crippen LogP contribution in [0.15, 0.2) is 0 Å². The fourth-order valence-corrected chi connectivity index (χ4v) is 2.41. The molecule has 0 aliphatic rings. The fourth-order valence-electron chi connectivity index (χ4n) is 2.41. The molecule has 0 radical (unpaired) electrons. The number of carbonyl (C=O) groups is 1. The molecule has 0 aromatic rings. The zero-order valence-corrected chi connectivity index (χ0v) is 13.1. The van der Waals surface area contributed by atoms with E-state index in [0.717, 1.165) is 64.2 Å².